The Balaban J connectivity index is 1.07. The quantitative estimate of drug-likeness (QED) is 0.163. The summed E-state index contributed by atoms with van der Waals surface area (Å²) in [5.41, 5.74) is 26.5. The molecule has 0 saturated carbocycles. The van der Waals surface area contributed by atoms with Crippen LogP contribution in [-0.2, 0) is 10.8 Å². The molecular formula is C66H47BN2S. The van der Waals surface area contributed by atoms with Gasteiger partial charge in [0, 0.05) is 43.2 Å². The first-order valence-corrected chi connectivity index (χ1v) is 25.5. The van der Waals surface area contributed by atoms with Crippen LogP contribution in [0.5, 0.6) is 0 Å². The first-order valence-electron chi connectivity index (χ1n) is 24.7. The fraction of sp³-hybridized carbons (Fsp3) is 0.0909. The molecule has 11 aromatic rings. The maximum atomic E-state index is 2.65. The minimum Gasteiger partial charge on any atom is -0.311 e. The molecule has 10 aromatic carbocycles. The van der Waals surface area contributed by atoms with E-state index in [0.29, 0.717) is 0 Å². The third-order valence-electron chi connectivity index (χ3n) is 16.0. The fourth-order valence-electron chi connectivity index (χ4n) is 13.1. The van der Waals surface area contributed by atoms with E-state index in [2.05, 4.69) is 249 Å². The first kappa shape index (κ1) is 40.1. The lowest BCUT2D eigenvalue weighted by Gasteiger charge is -2.42. The predicted molar refractivity (Wildman–Crippen MR) is 296 cm³/mol. The van der Waals surface area contributed by atoms with Crippen molar-refractivity contribution in [2.75, 3.05) is 4.90 Å². The molecule has 4 aliphatic rings. The lowest BCUT2D eigenvalue weighted by molar-refractivity contribution is 0.590. The molecule has 1 aromatic heterocycles. The molecule has 0 saturated heterocycles. The normalized spacial score (nSPS) is 15.7. The zero-order chi connectivity index (χ0) is 46.6. The zero-order valence-electron chi connectivity index (χ0n) is 39.6. The second-order valence-corrected chi connectivity index (χ2v) is 21.9. The number of nitrogens with zero attached hydrogens (tertiary/aromatic N) is 2. The molecular weight excluding hydrogens is 864 g/mol. The van der Waals surface area contributed by atoms with E-state index < -0.39 is 5.41 Å². The average molecular weight is 911 g/mol. The van der Waals surface area contributed by atoms with E-state index in [4.69, 9.17) is 0 Å². The Kier molecular flexibility index (Phi) is 8.25. The molecule has 0 bridgehead atoms. The second kappa shape index (κ2) is 14.4. The zero-order valence-corrected chi connectivity index (χ0v) is 40.4. The molecule has 2 aliphatic heterocycles. The Labute approximate surface area is 414 Å². The smallest absolute Gasteiger partial charge is 0.249 e. The lowest BCUT2D eigenvalue weighted by atomic mass is 9.34. The molecule has 0 N–H and O–H groups in total. The van der Waals surface area contributed by atoms with Gasteiger partial charge in [-0.2, -0.15) is 0 Å². The third-order valence-corrected chi connectivity index (χ3v) is 17.2. The Bertz CT molecular complexity index is 4010. The van der Waals surface area contributed by atoms with Crippen LogP contribution in [0.4, 0.5) is 17.1 Å². The maximum Gasteiger partial charge on any atom is 0.249 e. The highest BCUT2D eigenvalue weighted by Gasteiger charge is 2.53. The number of aromatic nitrogens is 1. The average Bonchev–Trinajstić information content (AvgIpc) is 3.99. The van der Waals surface area contributed by atoms with Gasteiger partial charge in [-0.05, 0) is 139 Å². The highest BCUT2D eigenvalue weighted by Crippen LogP contribution is 2.64. The van der Waals surface area contributed by atoms with Crippen molar-refractivity contribution in [1.82, 2.24) is 4.57 Å². The van der Waals surface area contributed by atoms with Crippen LogP contribution in [0.2, 0.25) is 0 Å². The summed E-state index contributed by atoms with van der Waals surface area (Å²) in [5.74, 6) is 0. The van der Waals surface area contributed by atoms with Crippen LogP contribution in [0.3, 0.4) is 0 Å². The fourth-order valence-corrected chi connectivity index (χ4v) is 14.3. The van der Waals surface area contributed by atoms with Crippen LogP contribution in [-0.4, -0.2) is 11.3 Å². The van der Waals surface area contributed by atoms with Crippen molar-refractivity contribution in [2.45, 2.75) is 48.3 Å². The van der Waals surface area contributed by atoms with Crippen molar-refractivity contribution in [3.05, 3.63) is 246 Å². The largest absolute Gasteiger partial charge is 0.311 e. The third kappa shape index (κ3) is 5.32. The van der Waals surface area contributed by atoms with E-state index in [9.17, 15) is 0 Å². The van der Waals surface area contributed by atoms with Crippen LogP contribution in [0.15, 0.2) is 222 Å². The van der Waals surface area contributed by atoms with Crippen LogP contribution >= 0.6 is 11.8 Å². The topological polar surface area (TPSA) is 8.17 Å². The van der Waals surface area contributed by atoms with E-state index in [1.807, 2.05) is 11.8 Å². The SMILES string of the molecule is Cc1cc2c3c(c1)N(c1ccccc1-c1ccccc1)c1cc4c(cc1B3c1cc(C(C)(C)C)ccc1S2)-c1ccccc1[C@@]41c2ccccc2-c2ccc(-n3c4ccccc4c4ccccc43)cc21. The molecule has 15 rings (SSSR count). The molecule has 3 heterocycles. The van der Waals surface area contributed by atoms with Crippen molar-refractivity contribution in [2.24, 2.45) is 0 Å². The van der Waals surface area contributed by atoms with Gasteiger partial charge in [0.05, 0.1) is 22.1 Å². The van der Waals surface area contributed by atoms with Gasteiger partial charge in [0.2, 0.25) is 6.71 Å². The van der Waals surface area contributed by atoms with Crippen molar-refractivity contribution >= 4 is 73.7 Å². The van der Waals surface area contributed by atoms with Gasteiger partial charge < -0.3 is 9.47 Å². The number of hydrogen-bond donors (Lipinski definition) is 0. The molecule has 0 fully saturated rings. The molecule has 1 spiro atoms. The Morgan fingerprint density at radius 2 is 1.06 bits per heavy atom. The van der Waals surface area contributed by atoms with E-state index in [-0.39, 0.29) is 12.1 Å². The van der Waals surface area contributed by atoms with E-state index in [1.165, 1.54) is 137 Å². The molecule has 4 heteroatoms. The van der Waals surface area contributed by atoms with Crippen LogP contribution in [0, 0.1) is 6.92 Å². The van der Waals surface area contributed by atoms with E-state index >= 15 is 0 Å². The summed E-state index contributed by atoms with van der Waals surface area (Å²) < 4.78 is 2.49. The van der Waals surface area contributed by atoms with Gasteiger partial charge in [-0.1, -0.05) is 196 Å². The van der Waals surface area contributed by atoms with Gasteiger partial charge in [0.15, 0.2) is 0 Å². The molecule has 0 radical (unpaired) electrons. The minimum absolute atomic E-state index is 0.00116. The number of benzene rings is 10. The standard InChI is InChI=1S/C66H47BN2S/c1-40-34-61-64-63(35-40)70-62-33-30-42(65(2,3)4)36-56(62)67(64)55-38-50-46-22-9-14-26-52(46)66(54(50)39-60(55)69(61)57-27-15-10-20-44(57)41-18-6-5-7-19-41)51-25-13-8-21-45(51)47-32-31-43(37-53(47)66)68-58-28-16-11-23-48(58)49-24-12-17-29-59(49)68/h5-39H,1-4H3/t66-/m1/s1. The molecule has 2 nitrogen and oxygen atoms in total. The van der Waals surface area contributed by atoms with Gasteiger partial charge in [-0.15, -0.1) is 0 Å². The van der Waals surface area contributed by atoms with Crippen molar-refractivity contribution in [1.29, 1.82) is 0 Å². The van der Waals surface area contributed by atoms with Gasteiger partial charge in [-0.3, -0.25) is 0 Å². The second-order valence-electron chi connectivity index (χ2n) is 20.8. The van der Waals surface area contributed by atoms with E-state index in [0.717, 1.165) is 0 Å². The first-order chi connectivity index (χ1) is 34.3. The van der Waals surface area contributed by atoms with Crippen LogP contribution < -0.4 is 21.3 Å². The highest BCUT2D eigenvalue weighted by molar-refractivity contribution is 8.00. The molecule has 0 unspecified atom stereocenters. The molecule has 70 heavy (non-hydrogen) atoms. The van der Waals surface area contributed by atoms with Gasteiger partial charge in [-0.25, -0.2) is 0 Å². The number of fused-ring (bicyclic) bond motifs is 17. The molecule has 0 amide bonds. The molecule has 2 aliphatic carbocycles. The number of para-hydroxylation sites is 3. The summed E-state index contributed by atoms with van der Waals surface area (Å²) in [5, 5.41) is 2.54. The Morgan fingerprint density at radius 3 is 1.79 bits per heavy atom. The van der Waals surface area contributed by atoms with Gasteiger partial charge in [0.25, 0.3) is 0 Å². The van der Waals surface area contributed by atoms with E-state index in [1.54, 1.807) is 0 Å². The maximum absolute atomic E-state index is 2.65. The van der Waals surface area contributed by atoms with Gasteiger partial charge in [0.1, 0.15) is 0 Å². The summed E-state index contributed by atoms with van der Waals surface area (Å²) in [6, 6.07) is 81.2. The Hall–Kier alpha value is -7.79. The monoisotopic (exact) mass is 910 g/mol. The lowest BCUT2D eigenvalue weighted by Crippen LogP contribution is -2.60. The van der Waals surface area contributed by atoms with Crippen LogP contribution in [0.1, 0.15) is 54.2 Å². The summed E-state index contributed by atoms with van der Waals surface area (Å²) in [6.45, 7) is 9.35. The van der Waals surface area contributed by atoms with Gasteiger partial charge >= 0.3 is 0 Å². The number of anilines is 3. The number of aryl methyl sites for hydroxylation is 1. The Morgan fingerprint density at radius 1 is 0.443 bits per heavy atom. The highest BCUT2D eigenvalue weighted by atomic mass is 32.2. The summed E-state index contributed by atoms with van der Waals surface area (Å²) in [7, 11) is 0. The van der Waals surface area contributed by atoms with Crippen molar-refractivity contribution in [3.8, 4) is 39.1 Å². The number of rotatable bonds is 3. The molecule has 330 valence electrons. The van der Waals surface area contributed by atoms with Crippen molar-refractivity contribution < 1.29 is 0 Å². The van der Waals surface area contributed by atoms with Crippen molar-refractivity contribution in [3.63, 3.8) is 0 Å². The number of hydrogen-bond acceptors (Lipinski definition) is 2. The summed E-state index contributed by atoms with van der Waals surface area (Å²) in [4.78, 5) is 5.34. The molecule has 1 atom stereocenters. The summed E-state index contributed by atoms with van der Waals surface area (Å²) >= 11 is 1.94. The minimum atomic E-state index is -0.579. The summed E-state index contributed by atoms with van der Waals surface area (Å²) in [6.07, 6.45) is 0. The van der Waals surface area contributed by atoms with Crippen LogP contribution in [0.25, 0.3) is 60.9 Å². The predicted octanol–water partition coefficient (Wildman–Crippen LogP) is 15.2.